The van der Waals surface area contributed by atoms with Gasteiger partial charge in [0.25, 0.3) is 5.56 Å². The molecular formula is C26H26N10O3. The molecular weight excluding hydrogens is 500 g/mol. The number of hydrogen-bond acceptors (Lipinski definition) is 9. The van der Waals surface area contributed by atoms with Crippen molar-refractivity contribution in [2.24, 2.45) is 18.9 Å². The zero-order valence-electron chi connectivity index (χ0n) is 21.7. The number of carbonyl (C=O) groups excluding carboxylic acids is 1. The highest BCUT2D eigenvalue weighted by Crippen LogP contribution is 2.45. The fourth-order valence-electron chi connectivity index (χ4n) is 4.97. The molecule has 1 aliphatic heterocycles. The number of nitrogens with zero attached hydrogens (tertiary/aromatic N) is 9. The number of fused-ring (bicyclic) bond motifs is 2. The van der Waals surface area contributed by atoms with E-state index in [2.05, 4.69) is 47.0 Å². The molecule has 39 heavy (non-hydrogen) atoms. The number of carbonyl (C=O) groups is 1. The quantitative estimate of drug-likeness (QED) is 0.361. The van der Waals surface area contributed by atoms with Crippen molar-refractivity contribution in [3.63, 3.8) is 0 Å². The summed E-state index contributed by atoms with van der Waals surface area (Å²) < 4.78 is 3.74. The van der Waals surface area contributed by atoms with Gasteiger partial charge in [0.1, 0.15) is 11.9 Å². The van der Waals surface area contributed by atoms with Crippen molar-refractivity contribution in [2.45, 2.75) is 32.9 Å². The molecule has 3 atom stereocenters. The number of aromatic nitrogens is 8. The molecule has 4 aromatic rings. The Balaban J connectivity index is 1.23. The maximum atomic E-state index is 13.2. The van der Waals surface area contributed by atoms with Crippen LogP contribution >= 0.6 is 0 Å². The van der Waals surface area contributed by atoms with Crippen LogP contribution in [0.4, 0.5) is 11.8 Å². The molecule has 0 aromatic carbocycles. The highest BCUT2D eigenvalue weighted by atomic mass is 16.2. The molecule has 0 spiro atoms. The van der Waals surface area contributed by atoms with Crippen LogP contribution in [0.3, 0.4) is 0 Å². The molecule has 2 fully saturated rings. The second-order valence-corrected chi connectivity index (χ2v) is 9.85. The Morgan fingerprint density at radius 3 is 2.62 bits per heavy atom. The topological polar surface area (TPSA) is 146 Å². The molecule has 13 nitrogen and oxygen atoms in total. The number of aryl methyl sites for hydroxylation is 1. The van der Waals surface area contributed by atoms with Crippen LogP contribution < -0.4 is 21.5 Å². The first-order chi connectivity index (χ1) is 18.9. The largest absolute Gasteiger partial charge is 0.340 e. The molecule has 1 saturated heterocycles. The summed E-state index contributed by atoms with van der Waals surface area (Å²) in [5.41, 5.74) is -0.144. The van der Waals surface area contributed by atoms with E-state index in [0.29, 0.717) is 17.3 Å². The van der Waals surface area contributed by atoms with Gasteiger partial charge in [0.15, 0.2) is 17.0 Å². The SMILES string of the molecule is CC#CCn1c(=O)c2c(ncn2[C@@H](C)C(=O)Nc2ccnc(-c3cnc(N4CC5CC5C4)nc3)n2)n(C)c1=O. The van der Waals surface area contributed by atoms with Crippen LogP contribution in [0.1, 0.15) is 26.3 Å². The van der Waals surface area contributed by atoms with Crippen LogP contribution in [0.5, 0.6) is 0 Å². The molecule has 13 heteroatoms. The van der Waals surface area contributed by atoms with E-state index in [0.717, 1.165) is 29.5 Å². The minimum absolute atomic E-state index is 0.0584. The molecule has 2 unspecified atom stereocenters. The van der Waals surface area contributed by atoms with Gasteiger partial charge in [-0.15, -0.1) is 5.92 Å². The number of hydrogen-bond donors (Lipinski definition) is 1. The summed E-state index contributed by atoms with van der Waals surface area (Å²) in [4.78, 5) is 63.1. The van der Waals surface area contributed by atoms with Crippen LogP contribution in [-0.2, 0) is 18.4 Å². The number of imidazole rings is 1. The number of rotatable bonds is 6. The molecule has 2 aliphatic rings. The number of nitrogens with one attached hydrogen (secondary N) is 1. The molecule has 198 valence electrons. The van der Waals surface area contributed by atoms with E-state index in [1.807, 2.05) is 0 Å². The Hall–Kier alpha value is -4.86. The van der Waals surface area contributed by atoms with Crippen molar-refractivity contribution in [3.05, 3.63) is 51.8 Å². The minimum Gasteiger partial charge on any atom is -0.340 e. The van der Waals surface area contributed by atoms with Gasteiger partial charge in [-0.05, 0) is 38.2 Å². The lowest BCUT2D eigenvalue weighted by Gasteiger charge is -2.17. The fourth-order valence-corrected chi connectivity index (χ4v) is 4.97. The molecule has 1 N–H and O–H groups in total. The fraction of sp³-hybridized carbons (Fsp3) is 0.385. The van der Waals surface area contributed by atoms with Crippen LogP contribution in [0, 0.1) is 23.7 Å². The Morgan fingerprint density at radius 1 is 1.15 bits per heavy atom. The number of amides is 1. The lowest BCUT2D eigenvalue weighted by Crippen LogP contribution is -2.40. The highest BCUT2D eigenvalue weighted by Gasteiger charge is 2.45. The van der Waals surface area contributed by atoms with E-state index in [-0.39, 0.29) is 23.5 Å². The van der Waals surface area contributed by atoms with Gasteiger partial charge < -0.3 is 14.8 Å². The Morgan fingerprint density at radius 2 is 1.90 bits per heavy atom. The third-order valence-corrected chi connectivity index (χ3v) is 7.33. The highest BCUT2D eigenvalue weighted by molar-refractivity contribution is 5.93. The summed E-state index contributed by atoms with van der Waals surface area (Å²) in [7, 11) is 1.52. The average Bonchev–Trinajstić information content (AvgIpc) is 3.33. The molecule has 5 heterocycles. The Bertz CT molecular complexity index is 1770. The lowest BCUT2D eigenvalue weighted by molar-refractivity contribution is -0.118. The third-order valence-electron chi connectivity index (χ3n) is 7.33. The molecule has 0 bridgehead atoms. The van der Waals surface area contributed by atoms with Gasteiger partial charge in [-0.1, -0.05) is 5.92 Å². The summed E-state index contributed by atoms with van der Waals surface area (Å²) in [6, 6.07) is 0.741. The third kappa shape index (κ3) is 4.33. The van der Waals surface area contributed by atoms with Gasteiger partial charge in [-0.3, -0.25) is 14.2 Å². The van der Waals surface area contributed by atoms with E-state index >= 15 is 0 Å². The standard InChI is InChI=1S/C26H26N10O3/c1-4-5-8-35-24(38)20-22(33(3)26(35)39)30-14-36(20)15(2)23(37)32-19-6-7-27-21(31-19)18-10-28-25(29-11-18)34-12-16-9-17(16)13-34/h6-7,10-11,14-17H,8-9,12-13H2,1-3H3,(H,27,31,32,37)/t15-,16?,17?/m0/s1. The second-order valence-electron chi connectivity index (χ2n) is 9.85. The maximum Gasteiger partial charge on any atom is 0.333 e. The van der Waals surface area contributed by atoms with Crippen molar-refractivity contribution in [1.29, 1.82) is 0 Å². The van der Waals surface area contributed by atoms with Crippen molar-refractivity contribution < 1.29 is 4.79 Å². The molecule has 6 rings (SSSR count). The van der Waals surface area contributed by atoms with E-state index in [9.17, 15) is 14.4 Å². The second kappa shape index (κ2) is 9.46. The lowest BCUT2D eigenvalue weighted by atomic mass is 10.3. The van der Waals surface area contributed by atoms with Gasteiger partial charge >= 0.3 is 5.69 Å². The average molecular weight is 527 g/mol. The van der Waals surface area contributed by atoms with E-state index < -0.39 is 23.2 Å². The molecule has 4 aromatic heterocycles. The summed E-state index contributed by atoms with van der Waals surface area (Å²) in [6.45, 7) is 5.21. The maximum absolute atomic E-state index is 13.2. The summed E-state index contributed by atoms with van der Waals surface area (Å²) in [5, 5.41) is 2.78. The van der Waals surface area contributed by atoms with Gasteiger partial charge in [-0.25, -0.2) is 34.3 Å². The van der Waals surface area contributed by atoms with Gasteiger partial charge in [-0.2, -0.15) is 0 Å². The van der Waals surface area contributed by atoms with Crippen molar-refractivity contribution in [1.82, 2.24) is 38.6 Å². The Labute approximate surface area is 222 Å². The van der Waals surface area contributed by atoms with Crippen LogP contribution in [0.15, 0.2) is 40.6 Å². The summed E-state index contributed by atoms with van der Waals surface area (Å²) in [5.74, 6) is 7.92. The number of anilines is 2. The summed E-state index contributed by atoms with van der Waals surface area (Å²) in [6.07, 6.45) is 7.60. The molecule has 1 aliphatic carbocycles. The molecule has 1 amide bonds. The Kier molecular flexibility index (Phi) is 5.94. The van der Waals surface area contributed by atoms with Gasteiger partial charge in [0.2, 0.25) is 11.9 Å². The van der Waals surface area contributed by atoms with Crippen LogP contribution in [0.2, 0.25) is 0 Å². The first-order valence-electron chi connectivity index (χ1n) is 12.6. The predicted octanol–water partition coefficient (Wildman–Crippen LogP) is 0.823. The molecule has 0 radical (unpaired) electrons. The molecule has 1 saturated carbocycles. The smallest absolute Gasteiger partial charge is 0.333 e. The van der Waals surface area contributed by atoms with E-state index in [1.165, 1.54) is 28.9 Å². The minimum atomic E-state index is -0.835. The van der Waals surface area contributed by atoms with Crippen molar-refractivity contribution in [2.75, 3.05) is 23.3 Å². The van der Waals surface area contributed by atoms with Gasteiger partial charge in [0, 0.05) is 38.7 Å². The van der Waals surface area contributed by atoms with Crippen LogP contribution in [0.25, 0.3) is 22.6 Å². The predicted molar refractivity (Wildman–Crippen MR) is 143 cm³/mol. The van der Waals surface area contributed by atoms with Crippen molar-refractivity contribution in [3.8, 4) is 23.2 Å². The summed E-state index contributed by atoms with van der Waals surface area (Å²) >= 11 is 0. The normalized spacial score (nSPS) is 18.4. The zero-order chi connectivity index (χ0) is 27.3. The zero-order valence-corrected chi connectivity index (χ0v) is 21.7. The number of piperidine rings is 1. The van der Waals surface area contributed by atoms with Crippen molar-refractivity contribution >= 4 is 28.8 Å². The first-order valence-corrected chi connectivity index (χ1v) is 12.6. The van der Waals surface area contributed by atoms with E-state index in [1.54, 1.807) is 38.5 Å². The first kappa shape index (κ1) is 24.5. The van der Waals surface area contributed by atoms with E-state index in [4.69, 9.17) is 0 Å². The van der Waals surface area contributed by atoms with Gasteiger partial charge in [0.05, 0.1) is 18.4 Å². The van der Waals surface area contributed by atoms with Crippen LogP contribution in [-0.4, -0.2) is 57.6 Å². The monoisotopic (exact) mass is 526 g/mol.